The molecule has 62 valence electrons. The molecule has 0 unspecified atom stereocenters. The molecule has 2 N–H and O–H groups in total. The van der Waals surface area contributed by atoms with Crippen LogP contribution in [0.5, 0.6) is 0 Å². The molecule has 0 atom stereocenters. The van der Waals surface area contributed by atoms with Crippen molar-refractivity contribution in [1.82, 2.24) is 15.3 Å². The SMILES string of the molecule is Cc1oncc1-c1nc(N)no1. The van der Waals surface area contributed by atoms with Crippen molar-refractivity contribution in [2.45, 2.75) is 6.92 Å². The molecule has 0 spiro atoms. The molecule has 0 saturated heterocycles. The smallest absolute Gasteiger partial charge is 0.264 e. The first kappa shape index (κ1) is 6.84. The van der Waals surface area contributed by atoms with Crippen LogP contribution in [0.3, 0.4) is 0 Å². The van der Waals surface area contributed by atoms with Crippen molar-refractivity contribution in [2.75, 3.05) is 5.73 Å². The lowest BCUT2D eigenvalue weighted by molar-refractivity contribution is 0.396. The highest BCUT2D eigenvalue weighted by molar-refractivity contribution is 5.54. The van der Waals surface area contributed by atoms with Gasteiger partial charge in [0.25, 0.3) is 11.8 Å². The number of hydrogen-bond acceptors (Lipinski definition) is 6. The number of hydrogen-bond donors (Lipinski definition) is 1. The van der Waals surface area contributed by atoms with E-state index < -0.39 is 0 Å². The lowest BCUT2D eigenvalue weighted by Crippen LogP contribution is -1.85. The zero-order chi connectivity index (χ0) is 8.55. The zero-order valence-electron chi connectivity index (χ0n) is 6.31. The van der Waals surface area contributed by atoms with Crippen molar-refractivity contribution >= 4 is 5.95 Å². The van der Waals surface area contributed by atoms with Gasteiger partial charge in [0.15, 0.2) is 0 Å². The van der Waals surface area contributed by atoms with Gasteiger partial charge in [-0.15, -0.1) is 0 Å². The molecule has 2 heterocycles. The number of nitrogen functional groups attached to an aromatic ring is 1. The lowest BCUT2D eigenvalue weighted by atomic mass is 10.3. The molecular weight excluding hydrogens is 160 g/mol. The van der Waals surface area contributed by atoms with Crippen molar-refractivity contribution < 1.29 is 9.05 Å². The van der Waals surface area contributed by atoms with Gasteiger partial charge in [-0.05, 0) is 12.1 Å². The van der Waals surface area contributed by atoms with Crippen LogP contribution in [0.1, 0.15) is 5.76 Å². The Labute approximate surface area is 67.3 Å². The molecule has 6 heteroatoms. The van der Waals surface area contributed by atoms with Crippen molar-refractivity contribution in [1.29, 1.82) is 0 Å². The molecule has 0 amide bonds. The minimum atomic E-state index is 0.102. The summed E-state index contributed by atoms with van der Waals surface area (Å²) in [5.41, 5.74) is 5.93. The van der Waals surface area contributed by atoms with Crippen LogP contribution < -0.4 is 5.73 Å². The Hall–Kier alpha value is -1.85. The minimum absolute atomic E-state index is 0.102. The molecule has 2 rings (SSSR count). The van der Waals surface area contributed by atoms with Crippen LogP contribution in [0, 0.1) is 6.92 Å². The number of aryl methyl sites for hydroxylation is 1. The van der Waals surface area contributed by atoms with E-state index in [9.17, 15) is 0 Å². The summed E-state index contributed by atoms with van der Waals surface area (Å²) < 4.78 is 9.61. The third kappa shape index (κ3) is 0.931. The van der Waals surface area contributed by atoms with Crippen molar-refractivity contribution in [3.8, 4) is 11.5 Å². The van der Waals surface area contributed by atoms with E-state index in [0.29, 0.717) is 17.2 Å². The van der Waals surface area contributed by atoms with Crippen molar-refractivity contribution in [3.05, 3.63) is 12.0 Å². The maximum atomic E-state index is 5.27. The van der Waals surface area contributed by atoms with Crippen LogP contribution in [0.4, 0.5) is 5.95 Å². The summed E-state index contributed by atoms with van der Waals surface area (Å²) in [6.07, 6.45) is 1.50. The molecule has 12 heavy (non-hydrogen) atoms. The Morgan fingerprint density at radius 1 is 1.42 bits per heavy atom. The first-order chi connectivity index (χ1) is 5.77. The summed E-state index contributed by atoms with van der Waals surface area (Å²) in [4.78, 5) is 3.81. The maximum absolute atomic E-state index is 5.27. The highest BCUT2D eigenvalue weighted by atomic mass is 16.5. The third-order valence-corrected chi connectivity index (χ3v) is 1.42. The van der Waals surface area contributed by atoms with Gasteiger partial charge in [0.2, 0.25) is 0 Å². The maximum Gasteiger partial charge on any atom is 0.264 e. The fourth-order valence-electron chi connectivity index (χ4n) is 0.848. The van der Waals surface area contributed by atoms with Crippen molar-refractivity contribution in [2.24, 2.45) is 0 Å². The molecule has 0 aliphatic heterocycles. The molecular formula is C6H6N4O2. The van der Waals surface area contributed by atoms with Gasteiger partial charge in [0.1, 0.15) is 11.3 Å². The van der Waals surface area contributed by atoms with Crippen molar-refractivity contribution in [3.63, 3.8) is 0 Å². The van der Waals surface area contributed by atoms with E-state index in [0.717, 1.165) is 0 Å². The monoisotopic (exact) mass is 166 g/mol. The summed E-state index contributed by atoms with van der Waals surface area (Å²) in [6.45, 7) is 1.75. The fraction of sp³-hybridized carbons (Fsp3) is 0.167. The largest absolute Gasteiger partial charge is 0.365 e. The van der Waals surface area contributed by atoms with Gasteiger partial charge in [0.05, 0.1) is 6.20 Å². The first-order valence-corrected chi connectivity index (χ1v) is 3.28. The van der Waals surface area contributed by atoms with Gasteiger partial charge in [-0.2, -0.15) is 4.98 Å². The molecule has 0 fully saturated rings. The second-order valence-electron chi connectivity index (χ2n) is 2.25. The number of nitrogens with two attached hydrogens (primary N) is 1. The van der Waals surface area contributed by atoms with Crippen LogP contribution in [-0.2, 0) is 0 Å². The summed E-state index contributed by atoms with van der Waals surface area (Å²) in [7, 11) is 0. The standard InChI is InChI=1S/C6H6N4O2/c1-3-4(2-8-11-3)5-9-6(7)10-12-5/h2H,1H3,(H2,7,10). The zero-order valence-corrected chi connectivity index (χ0v) is 6.31. The number of anilines is 1. The Kier molecular flexibility index (Phi) is 1.33. The molecule has 0 bridgehead atoms. The molecule has 6 nitrogen and oxygen atoms in total. The third-order valence-electron chi connectivity index (χ3n) is 1.42. The number of aromatic nitrogens is 3. The topological polar surface area (TPSA) is 91.0 Å². The summed E-state index contributed by atoms with van der Waals surface area (Å²) >= 11 is 0. The fourth-order valence-corrected chi connectivity index (χ4v) is 0.848. The molecule has 0 radical (unpaired) electrons. The average molecular weight is 166 g/mol. The molecule has 2 aromatic rings. The minimum Gasteiger partial charge on any atom is -0.365 e. The second-order valence-corrected chi connectivity index (χ2v) is 2.25. The second kappa shape index (κ2) is 2.33. The molecule has 0 aromatic carbocycles. The predicted octanol–water partition coefficient (Wildman–Crippen LogP) is 0.615. The van der Waals surface area contributed by atoms with Crippen LogP contribution in [0.25, 0.3) is 11.5 Å². The molecule has 2 aromatic heterocycles. The van der Waals surface area contributed by atoms with Gasteiger partial charge in [-0.25, -0.2) is 0 Å². The van der Waals surface area contributed by atoms with Gasteiger partial charge in [-0.3, -0.25) is 0 Å². The first-order valence-electron chi connectivity index (χ1n) is 3.28. The quantitative estimate of drug-likeness (QED) is 0.667. The highest BCUT2D eigenvalue weighted by Gasteiger charge is 2.12. The van der Waals surface area contributed by atoms with Crippen LogP contribution >= 0.6 is 0 Å². The van der Waals surface area contributed by atoms with E-state index in [4.69, 9.17) is 14.8 Å². The summed E-state index contributed by atoms with van der Waals surface area (Å²) in [6, 6.07) is 0. The van der Waals surface area contributed by atoms with Crippen LogP contribution in [0.2, 0.25) is 0 Å². The number of nitrogens with zero attached hydrogens (tertiary/aromatic N) is 3. The van der Waals surface area contributed by atoms with E-state index >= 15 is 0 Å². The Morgan fingerprint density at radius 2 is 2.25 bits per heavy atom. The van der Waals surface area contributed by atoms with Crippen LogP contribution in [0.15, 0.2) is 15.2 Å². The van der Waals surface area contributed by atoms with Gasteiger partial charge < -0.3 is 14.8 Å². The summed E-state index contributed by atoms with van der Waals surface area (Å²) in [5.74, 6) is 1.05. The lowest BCUT2D eigenvalue weighted by Gasteiger charge is -1.84. The van der Waals surface area contributed by atoms with Gasteiger partial charge in [0, 0.05) is 0 Å². The van der Waals surface area contributed by atoms with E-state index in [-0.39, 0.29) is 5.95 Å². The van der Waals surface area contributed by atoms with Gasteiger partial charge >= 0.3 is 0 Å². The molecule has 0 aliphatic carbocycles. The summed E-state index contributed by atoms with van der Waals surface area (Å²) in [5, 5.41) is 7.00. The normalized spacial score (nSPS) is 10.4. The molecule has 0 saturated carbocycles. The Morgan fingerprint density at radius 3 is 2.75 bits per heavy atom. The highest BCUT2D eigenvalue weighted by Crippen LogP contribution is 2.20. The van der Waals surface area contributed by atoms with E-state index in [1.807, 2.05) is 0 Å². The predicted molar refractivity (Wildman–Crippen MR) is 38.9 cm³/mol. The Balaban J connectivity index is 2.50. The van der Waals surface area contributed by atoms with E-state index in [2.05, 4.69) is 15.3 Å². The average Bonchev–Trinajstić information content (AvgIpc) is 2.58. The van der Waals surface area contributed by atoms with Gasteiger partial charge in [-0.1, -0.05) is 5.16 Å². The van der Waals surface area contributed by atoms with E-state index in [1.165, 1.54) is 6.20 Å². The van der Waals surface area contributed by atoms with E-state index in [1.54, 1.807) is 6.92 Å². The molecule has 0 aliphatic rings. The Bertz CT molecular complexity index is 392. The van der Waals surface area contributed by atoms with Crippen LogP contribution in [-0.4, -0.2) is 15.3 Å². The number of rotatable bonds is 1.